The number of fused-ring (bicyclic) bond motifs is 3. The molecule has 0 radical (unpaired) electrons. The lowest BCUT2D eigenvalue weighted by atomic mass is 9.89. The molecule has 212 valence electrons. The maximum atomic E-state index is 14.2. The van der Waals surface area contributed by atoms with Crippen LogP contribution in [0.5, 0.6) is 0 Å². The minimum Gasteiger partial charge on any atom is -0.467 e. The normalized spacial score (nSPS) is 24.8. The number of piperidine rings is 1. The first-order valence-corrected chi connectivity index (χ1v) is 15.3. The Morgan fingerprint density at radius 2 is 1.52 bits per heavy atom. The predicted octanol–water partition coefficient (Wildman–Crippen LogP) is 5.87. The maximum absolute atomic E-state index is 14.2. The Balaban J connectivity index is 1.30. The van der Waals surface area contributed by atoms with E-state index in [9.17, 15) is 9.59 Å². The van der Waals surface area contributed by atoms with Crippen LogP contribution in [0.1, 0.15) is 82.2 Å². The minimum absolute atomic E-state index is 0.119. The number of methoxy groups -OCH3 is 1. The highest BCUT2D eigenvalue weighted by Gasteiger charge is 2.44. The highest BCUT2D eigenvalue weighted by molar-refractivity contribution is 5.81. The van der Waals surface area contributed by atoms with Gasteiger partial charge in [-0.1, -0.05) is 74.6 Å². The lowest BCUT2D eigenvalue weighted by Gasteiger charge is -2.45. The van der Waals surface area contributed by atoms with Crippen molar-refractivity contribution in [1.29, 1.82) is 0 Å². The standard InChI is InChI=1S/C33H42N4O3/c1-40-33(39)29(20-23-12-6-5-7-13-23)35-31-32(38)37(30-17-11-10-16-28(30)34-31)27-21-25-18-19-26(22-27)36(25)24-14-8-3-2-4-9-15-24/h5-7,10-13,16-17,24-27,29H,2-4,8-9,14-15,18-22H2,1H3,(H,34,35)/t25-,26+,27?,29?. The van der Waals surface area contributed by atoms with Gasteiger partial charge in [0.1, 0.15) is 6.04 Å². The van der Waals surface area contributed by atoms with E-state index in [-0.39, 0.29) is 17.4 Å². The minimum atomic E-state index is -0.709. The number of hydrogen-bond acceptors (Lipinski definition) is 6. The van der Waals surface area contributed by atoms with Crippen LogP contribution < -0.4 is 10.9 Å². The second-order valence-electron chi connectivity index (χ2n) is 12.0. The van der Waals surface area contributed by atoms with E-state index in [0.717, 1.165) is 29.4 Å². The Kier molecular flexibility index (Phi) is 8.19. The Morgan fingerprint density at radius 1 is 0.875 bits per heavy atom. The van der Waals surface area contributed by atoms with Crippen LogP contribution in [-0.2, 0) is 16.0 Å². The Bertz CT molecular complexity index is 1350. The van der Waals surface area contributed by atoms with Crippen LogP contribution in [-0.4, -0.2) is 51.7 Å². The van der Waals surface area contributed by atoms with E-state index in [1.807, 2.05) is 59.2 Å². The highest BCUT2D eigenvalue weighted by Crippen LogP contribution is 2.44. The maximum Gasteiger partial charge on any atom is 0.328 e. The molecule has 2 unspecified atom stereocenters. The van der Waals surface area contributed by atoms with Gasteiger partial charge in [0.05, 0.1) is 18.1 Å². The number of hydrogen-bond donors (Lipinski definition) is 1. The lowest BCUT2D eigenvalue weighted by Crippen LogP contribution is -2.50. The topological polar surface area (TPSA) is 76.5 Å². The van der Waals surface area contributed by atoms with Crippen molar-refractivity contribution in [3.8, 4) is 0 Å². The molecule has 3 heterocycles. The fourth-order valence-corrected chi connectivity index (χ4v) is 7.69. The Morgan fingerprint density at radius 3 is 2.23 bits per heavy atom. The van der Waals surface area contributed by atoms with Crippen molar-refractivity contribution < 1.29 is 9.53 Å². The largest absolute Gasteiger partial charge is 0.467 e. The molecule has 1 saturated carbocycles. The van der Waals surface area contributed by atoms with Gasteiger partial charge in [-0.25, -0.2) is 9.78 Å². The molecule has 7 heteroatoms. The average molecular weight is 543 g/mol. The van der Waals surface area contributed by atoms with Gasteiger partial charge < -0.3 is 14.6 Å². The van der Waals surface area contributed by atoms with Crippen molar-refractivity contribution in [2.45, 2.75) is 107 Å². The number of benzene rings is 2. The summed E-state index contributed by atoms with van der Waals surface area (Å²) in [5.74, 6) is -0.185. The van der Waals surface area contributed by atoms with E-state index in [4.69, 9.17) is 9.72 Å². The number of nitrogens with zero attached hydrogens (tertiary/aromatic N) is 3. The van der Waals surface area contributed by atoms with Crippen LogP contribution in [0.25, 0.3) is 11.0 Å². The number of aromatic nitrogens is 2. The Labute approximate surface area is 236 Å². The second-order valence-corrected chi connectivity index (χ2v) is 12.0. The molecule has 1 N–H and O–H groups in total. The van der Waals surface area contributed by atoms with Gasteiger partial charge in [-0.2, -0.15) is 0 Å². The van der Waals surface area contributed by atoms with Crippen LogP contribution in [0.4, 0.5) is 5.82 Å². The molecule has 2 aliphatic heterocycles. The SMILES string of the molecule is COC(=O)C(Cc1ccccc1)Nc1nc2ccccc2n(C2C[C@H]3CC[C@@H](C2)N3C2CCCCCCC2)c1=O. The number of rotatable bonds is 7. The predicted molar refractivity (Wildman–Crippen MR) is 159 cm³/mol. The molecule has 6 rings (SSSR count). The molecular weight excluding hydrogens is 500 g/mol. The van der Waals surface area contributed by atoms with Crippen LogP contribution in [0.15, 0.2) is 59.4 Å². The van der Waals surface area contributed by atoms with Gasteiger partial charge in [-0.15, -0.1) is 0 Å². The molecular formula is C33H42N4O3. The first kappa shape index (κ1) is 27.0. The number of carbonyl (C=O) groups excluding carboxylic acids is 1. The van der Waals surface area contributed by atoms with Gasteiger partial charge >= 0.3 is 5.97 Å². The van der Waals surface area contributed by atoms with E-state index in [1.165, 1.54) is 64.9 Å². The fourth-order valence-electron chi connectivity index (χ4n) is 7.69. The van der Waals surface area contributed by atoms with Gasteiger partial charge in [0, 0.05) is 30.6 Å². The number of nitrogens with one attached hydrogen (secondary N) is 1. The molecule has 3 fully saturated rings. The molecule has 1 aliphatic carbocycles. The molecule has 4 atom stereocenters. The quantitative estimate of drug-likeness (QED) is 0.376. The van der Waals surface area contributed by atoms with Crippen LogP contribution in [0.2, 0.25) is 0 Å². The zero-order valence-corrected chi connectivity index (χ0v) is 23.6. The van der Waals surface area contributed by atoms with E-state index < -0.39 is 12.0 Å². The summed E-state index contributed by atoms with van der Waals surface area (Å²) in [5, 5.41) is 3.20. The molecule has 0 amide bonds. The summed E-state index contributed by atoms with van der Waals surface area (Å²) >= 11 is 0. The molecule has 0 spiro atoms. The van der Waals surface area contributed by atoms with E-state index in [2.05, 4.69) is 10.2 Å². The van der Waals surface area contributed by atoms with E-state index in [1.54, 1.807) is 0 Å². The Hall–Kier alpha value is -3.19. The van der Waals surface area contributed by atoms with E-state index in [0.29, 0.717) is 24.5 Å². The van der Waals surface area contributed by atoms with Crippen molar-refractivity contribution >= 4 is 22.8 Å². The monoisotopic (exact) mass is 542 g/mol. The van der Waals surface area contributed by atoms with Crippen molar-refractivity contribution in [1.82, 2.24) is 14.5 Å². The lowest BCUT2D eigenvalue weighted by molar-refractivity contribution is -0.141. The summed E-state index contributed by atoms with van der Waals surface area (Å²) in [6.07, 6.45) is 14.3. The zero-order valence-electron chi connectivity index (χ0n) is 23.6. The first-order chi connectivity index (χ1) is 19.6. The molecule has 7 nitrogen and oxygen atoms in total. The molecule has 3 aromatic rings. The van der Waals surface area contributed by atoms with Gasteiger partial charge in [-0.05, 0) is 56.2 Å². The van der Waals surface area contributed by atoms with Crippen molar-refractivity contribution in [2.24, 2.45) is 0 Å². The first-order valence-electron chi connectivity index (χ1n) is 15.3. The van der Waals surface area contributed by atoms with Crippen LogP contribution in [0.3, 0.4) is 0 Å². The zero-order chi connectivity index (χ0) is 27.5. The number of esters is 1. The summed E-state index contributed by atoms with van der Waals surface area (Å²) < 4.78 is 7.10. The van der Waals surface area contributed by atoms with Crippen molar-refractivity contribution in [3.63, 3.8) is 0 Å². The molecule has 1 aromatic heterocycles. The summed E-state index contributed by atoms with van der Waals surface area (Å²) in [7, 11) is 1.38. The van der Waals surface area contributed by atoms with E-state index >= 15 is 0 Å². The third kappa shape index (κ3) is 5.53. The molecule has 3 aliphatic rings. The fraction of sp³-hybridized carbons (Fsp3) is 0.545. The molecule has 2 saturated heterocycles. The number of para-hydroxylation sites is 2. The van der Waals surface area contributed by atoms with Gasteiger partial charge in [-0.3, -0.25) is 9.69 Å². The summed E-state index contributed by atoms with van der Waals surface area (Å²) in [5.41, 5.74) is 2.48. The number of ether oxygens (including phenoxy) is 1. The third-order valence-corrected chi connectivity index (χ3v) is 9.50. The summed E-state index contributed by atoms with van der Waals surface area (Å²) in [4.78, 5) is 34.5. The smallest absolute Gasteiger partial charge is 0.328 e. The molecule has 2 bridgehead atoms. The average Bonchev–Trinajstić information content (AvgIpc) is 3.21. The number of anilines is 1. The molecule has 2 aromatic carbocycles. The van der Waals surface area contributed by atoms with Gasteiger partial charge in [0.15, 0.2) is 5.82 Å². The third-order valence-electron chi connectivity index (χ3n) is 9.50. The van der Waals surface area contributed by atoms with Gasteiger partial charge in [0.25, 0.3) is 5.56 Å². The summed E-state index contributed by atoms with van der Waals surface area (Å²) in [6.45, 7) is 0. The number of carbonyl (C=O) groups is 1. The summed E-state index contributed by atoms with van der Waals surface area (Å²) in [6, 6.07) is 18.9. The van der Waals surface area contributed by atoms with Crippen LogP contribution in [0, 0.1) is 0 Å². The highest BCUT2D eigenvalue weighted by atomic mass is 16.5. The van der Waals surface area contributed by atoms with Crippen LogP contribution >= 0.6 is 0 Å². The van der Waals surface area contributed by atoms with Gasteiger partial charge in [0.2, 0.25) is 0 Å². The van der Waals surface area contributed by atoms with Crippen molar-refractivity contribution in [3.05, 3.63) is 70.5 Å². The second kappa shape index (κ2) is 12.1. The molecule has 40 heavy (non-hydrogen) atoms. The van der Waals surface area contributed by atoms with Crippen molar-refractivity contribution in [2.75, 3.05) is 12.4 Å².